The highest BCUT2D eigenvalue weighted by atomic mass is 15.3. The molecular formula is C11H19N5. The number of hydrogen-bond acceptors (Lipinski definition) is 5. The summed E-state index contributed by atoms with van der Waals surface area (Å²) in [5.41, 5.74) is 0. The van der Waals surface area contributed by atoms with Gasteiger partial charge in [0.05, 0.1) is 0 Å². The Morgan fingerprint density at radius 2 is 1.88 bits per heavy atom. The topological polar surface area (TPSA) is 44.3 Å². The first kappa shape index (κ1) is 11.3. The molecule has 0 saturated carbocycles. The van der Waals surface area contributed by atoms with E-state index in [9.17, 15) is 0 Å². The maximum atomic E-state index is 4.12. The molecule has 0 aliphatic carbocycles. The lowest BCUT2D eigenvalue weighted by Crippen LogP contribution is -2.45. The van der Waals surface area contributed by atoms with Gasteiger partial charge in [-0.2, -0.15) is 0 Å². The van der Waals surface area contributed by atoms with Gasteiger partial charge in [0.1, 0.15) is 0 Å². The first-order valence-corrected chi connectivity index (χ1v) is 5.76. The molecule has 1 saturated heterocycles. The molecule has 5 nitrogen and oxygen atoms in total. The number of anilines is 1. The zero-order chi connectivity index (χ0) is 11.2. The molecule has 16 heavy (non-hydrogen) atoms. The number of piperazine rings is 1. The van der Waals surface area contributed by atoms with Crippen molar-refractivity contribution in [3.63, 3.8) is 0 Å². The molecule has 5 heteroatoms. The van der Waals surface area contributed by atoms with Crippen molar-refractivity contribution in [2.75, 3.05) is 51.6 Å². The monoisotopic (exact) mass is 221 g/mol. The first-order chi connectivity index (χ1) is 7.84. The Labute approximate surface area is 96.5 Å². The minimum atomic E-state index is 0.719. The lowest BCUT2D eigenvalue weighted by molar-refractivity contribution is 0.158. The highest BCUT2D eigenvalue weighted by Crippen LogP contribution is 1.99. The molecule has 88 valence electrons. The molecule has 1 aromatic rings. The van der Waals surface area contributed by atoms with Gasteiger partial charge in [-0.1, -0.05) is 0 Å². The summed E-state index contributed by atoms with van der Waals surface area (Å²) < 4.78 is 0. The van der Waals surface area contributed by atoms with Crippen LogP contribution in [0.1, 0.15) is 0 Å². The molecule has 0 bridgehead atoms. The van der Waals surface area contributed by atoms with E-state index in [0.717, 1.165) is 32.1 Å². The van der Waals surface area contributed by atoms with Crippen LogP contribution >= 0.6 is 0 Å². The Hall–Kier alpha value is -1.20. The second-order valence-corrected chi connectivity index (χ2v) is 4.14. The second-order valence-electron chi connectivity index (χ2n) is 4.14. The van der Waals surface area contributed by atoms with Crippen molar-refractivity contribution in [2.24, 2.45) is 0 Å². The average Bonchev–Trinajstić information content (AvgIpc) is 2.33. The Bertz CT molecular complexity index is 295. The van der Waals surface area contributed by atoms with Gasteiger partial charge in [-0.15, -0.1) is 0 Å². The Morgan fingerprint density at radius 1 is 1.19 bits per heavy atom. The first-order valence-electron chi connectivity index (χ1n) is 5.76. The van der Waals surface area contributed by atoms with Crippen LogP contribution in [0.5, 0.6) is 0 Å². The van der Waals surface area contributed by atoms with E-state index in [1.807, 2.05) is 6.07 Å². The van der Waals surface area contributed by atoms with Crippen LogP contribution < -0.4 is 5.32 Å². The number of nitrogens with zero attached hydrogens (tertiary/aromatic N) is 4. The fourth-order valence-corrected chi connectivity index (χ4v) is 1.79. The third-order valence-corrected chi connectivity index (χ3v) is 2.87. The zero-order valence-electron chi connectivity index (χ0n) is 9.76. The summed E-state index contributed by atoms with van der Waals surface area (Å²) >= 11 is 0. The minimum Gasteiger partial charge on any atom is -0.353 e. The van der Waals surface area contributed by atoms with Crippen LogP contribution in [0.25, 0.3) is 0 Å². The number of hydrogen-bond donors (Lipinski definition) is 1. The predicted octanol–water partition coefficient (Wildman–Crippen LogP) is 0.136. The molecule has 0 atom stereocenters. The summed E-state index contributed by atoms with van der Waals surface area (Å²) in [5, 5.41) is 3.23. The molecule has 2 heterocycles. The normalized spacial score (nSPS) is 18.6. The van der Waals surface area contributed by atoms with Gasteiger partial charge >= 0.3 is 0 Å². The van der Waals surface area contributed by atoms with Crippen LogP contribution in [0.3, 0.4) is 0 Å². The fraction of sp³-hybridized carbons (Fsp3) is 0.636. The van der Waals surface area contributed by atoms with Crippen molar-refractivity contribution in [1.82, 2.24) is 19.8 Å². The van der Waals surface area contributed by atoms with Crippen LogP contribution in [0.4, 0.5) is 5.95 Å². The third-order valence-electron chi connectivity index (χ3n) is 2.87. The van der Waals surface area contributed by atoms with E-state index in [-0.39, 0.29) is 0 Å². The standard InChI is InChI=1S/C11H19N5/c1-15-7-9-16(10-8-15)6-5-14-11-12-3-2-4-13-11/h2-4H,5-10H2,1H3,(H,12,13,14). The lowest BCUT2D eigenvalue weighted by atomic mass is 10.3. The van der Waals surface area contributed by atoms with Gasteiger partial charge in [-0.3, -0.25) is 4.90 Å². The number of nitrogens with one attached hydrogen (secondary N) is 1. The SMILES string of the molecule is CN1CCN(CCNc2ncccn2)CC1. The van der Waals surface area contributed by atoms with Crippen molar-refractivity contribution in [1.29, 1.82) is 0 Å². The van der Waals surface area contributed by atoms with E-state index in [4.69, 9.17) is 0 Å². The summed E-state index contributed by atoms with van der Waals surface area (Å²) in [6, 6.07) is 1.83. The minimum absolute atomic E-state index is 0.719. The third kappa shape index (κ3) is 3.43. The molecule has 1 N–H and O–H groups in total. The van der Waals surface area contributed by atoms with Crippen LogP contribution in [0, 0.1) is 0 Å². The molecule has 1 aromatic heterocycles. The molecule has 0 aromatic carbocycles. The Morgan fingerprint density at radius 3 is 2.56 bits per heavy atom. The van der Waals surface area contributed by atoms with Crippen LogP contribution in [-0.4, -0.2) is 66.1 Å². The molecule has 1 aliphatic rings. The molecule has 0 amide bonds. The van der Waals surface area contributed by atoms with Gasteiger partial charge in [-0.05, 0) is 13.1 Å². The summed E-state index contributed by atoms with van der Waals surface area (Å²) in [4.78, 5) is 13.1. The maximum absolute atomic E-state index is 4.12. The predicted molar refractivity (Wildman–Crippen MR) is 64.5 cm³/mol. The number of rotatable bonds is 4. The van der Waals surface area contributed by atoms with E-state index in [0.29, 0.717) is 0 Å². The van der Waals surface area contributed by atoms with E-state index >= 15 is 0 Å². The second kappa shape index (κ2) is 5.77. The van der Waals surface area contributed by atoms with Crippen LogP contribution in [0.15, 0.2) is 18.5 Å². The van der Waals surface area contributed by atoms with Crippen LogP contribution in [-0.2, 0) is 0 Å². The zero-order valence-corrected chi connectivity index (χ0v) is 9.76. The number of likely N-dealkylation sites (N-methyl/N-ethyl adjacent to an activating group) is 1. The van der Waals surface area contributed by atoms with Gasteiger partial charge in [-0.25, -0.2) is 9.97 Å². The van der Waals surface area contributed by atoms with Crippen molar-refractivity contribution in [3.8, 4) is 0 Å². The van der Waals surface area contributed by atoms with Gasteiger partial charge in [0.2, 0.25) is 5.95 Å². The maximum Gasteiger partial charge on any atom is 0.222 e. The van der Waals surface area contributed by atoms with E-state index < -0.39 is 0 Å². The van der Waals surface area contributed by atoms with Crippen molar-refractivity contribution in [3.05, 3.63) is 18.5 Å². The summed E-state index contributed by atoms with van der Waals surface area (Å²) in [6.07, 6.45) is 3.51. The highest BCUT2D eigenvalue weighted by molar-refractivity contribution is 5.21. The molecule has 1 aliphatic heterocycles. The Kier molecular flexibility index (Phi) is 4.07. The largest absolute Gasteiger partial charge is 0.353 e. The van der Waals surface area contributed by atoms with E-state index in [2.05, 4.69) is 32.1 Å². The van der Waals surface area contributed by atoms with Gasteiger partial charge in [0, 0.05) is 51.7 Å². The van der Waals surface area contributed by atoms with Crippen molar-refractivity contribution in [2.45, 2.75) is 0 Å². The fourth-order valence-electron chi connectivity index (χ4n) is 1.79. The molecule has 0 spiro atoms. The quantitative estimate of drug-likeness (QED) is 0.783. The number of aromatic nitrogens is 2. The summed E-state index contributed by atoms with van der Waals surface area (Å²) in [5.74, 6) is 0.719. The highest BCUT2D eigenvalue weighted by Gasteiger charge is 2.12. The van der Waals surface area contributed by atoms with Gasteiger partial charge < -0.3 is 10.2 Å². The molecule has 2 rings (SSSR count). The molecular weight excluding hydrogens is 202 g/mol. The smallest absolute Gasteiger partial charge is 0.222 e. The van der Waals surface area contributed by atoms with Crippen LogP contribution in [0.2, 0.25) is 0 Å². The van der Waals surface area contributed by atoms with Gasteiger partial charge in [0.15, 0.2) is 0 Å². The average molecular weight is 221 g/mol. The molecule has 0 radical (unpaired) electrons. The van der Waals surface area contributed by atoms with Crippen molar-refractivity contribution >= 4 is 5.95 Å². The van der Waals surface area contributed by atoms with E-state index in [1.54, 1.807) is 12.4 Å². The Balaban J connectivity index is 1.65. The summed E-state index contributed by atoms with van der Waals surface area (Å²) in [6.45, 7) is 6.63. The van der Waals surface area contributed by atoms with Crippen molar-refractivity contribution < 1.29 is 0 Å². The molecule has 1 fully saturated rings. The van der Waals surface area contributed by atoms with E-state index in [1.165, 1.54) is 13.1 Å². The molecule has 0 unspecified atom stereocenters. The lowest BCUT2D eigenvalue weighted by Gasteiger charge is -2.32. The van der Waals surface area contributed by atoms with Gasteiger partial charge in [0.25, 0.3) is 0 Å². The summed E-state index contributed by atoms with van der Waals surface area (Å²) in [7, 11) is 2.17.